The van der Waals surface area contributed by atoms with E-state index in [1.54, 1.807) is 0 Å². The van der Waals surface area contributed by atoms with Crippen molar-refractivity contribution in [3.05, 3.63) is 0 Å². The quantitative estimate of drug-likeness (QED) is 0.573. The van der Waals surface area contributed by atoms with Gasteiger partial charge in [-0.15, -0.1) is 0 Å². The highest BCUT2D eigenvalue weighted by molar-refractivity contribution is 5.69. The van der Waals surface area contributed by atoms with Crippen molar-refractivity contribution < 1.29 is 14.3 Å². The van der Waals surface area contributed by atoms with E-state index in [1.165, 1.54) is 7.11 Å². The van der Waals surface area contributed by atoms with Crippen LogP contribution in [0.2, 0.25) is 0 Å². The molecular weight excluding hydrogens is 206 g/mol. The van der Waals surface area contributed by atoms with Crippen LogP contribution in [-0.2, 0) is 14.3 Å². The minimum atomic E-state index is -0.129. The van der Waals surface area contributed by atoms with Gasteiger partial charge in [0.1, 0.15) is 0 Å². The lowest BCUT2D eigenvalue weighted by Crippen LogP contribution is -2.41. The molecule has 4 nitrogen and oxygen atoms in total. The van der Waals surface area contributed by atoms with E-state index in [0.717, 1.165) is 25.8 Å². The Morgan fingerprint density at radius 3 is 2.56 bits per heavy atom. The summed E-state index contributed by atoms with van der Waals surface area (Å²) in [5.41, 5.74) is 0. The van der Waals surface area contributed by atoms with Gasteiger partial charge in [0.05, 0.1) is 19.3 Å². The Labute approximate surface area is 97.7 Å². The molecule has 1 aliphatic rings. The summed E-state index contributed by atoms with van der Waals surface area (Å²) < 4.78 is 10.3. The Balaban J connectivity index is 2.10. The maximum absolute atomic E-state index is 10.9. The lowest BCUT2D eigenvalue weighted by atomic mass is 10.00. The zero-order valence-electron chi connectivity index (χ0n) is 10.5. The first-order valence-electron chi connectivity index (χ1n) is 6.07. The largest absolute Gasteiger partial charge is 0.469 e. The van der Waals surface area contributed by atoms with Crippen LogP contribution >= 0.6 is 0 Å². The van der Waals surface area contributed by atoms with Gasteiger partial charge in [0, 0.05) is 12.5 Å². The Morgan fingerprint density at radius 1 is 1.38 bits per heavy atom. The van der Waals surface area contributed by atoms with Gasteiger partial charge in [-0.3, -0.25) is 4.79 Å². The van der Waals surface area contributed by atoms with Crippen LogP contribution in [0, 0.1) is 0 Å². The molecule has 1 N–H and O–H groups in total. The topological polar surface area (TPSA) is 47.6 Å². The van der Waals surface area contributed by atoms with Gasteiger partial charge < -0.3 is 14.8 Å². The second kappa shape index (κ2) is 6.86. The average molecular weight is 229 g/mol. The molecule has 2 atom stereocenters. The van der Waals surface area contributed by atoms with E-state index in [0.29, 0.717) is 24.7 Å². The first kappa shape index (κ1) is 13.5. The zero-order valence-corrected chi connectivity index (χ0v) is 10.5. The molecule has 1 fully saturated rings. The molecule has 0 aromatic carbocycles. The van der Waals surface area contributed by atoms with Crippen molar-refractivity contribution >= 4 is 5.97 Å². The Morgan fingerprint density at radius 2 is 2.00 bits per heavy atom. The summed E-state index contributed by atoms with van der Waals surface area (Å²) in [6.45, 7) is 5.09. The molecule has 94 valence electrons. The van der Waals surface area contributed by atoms with E-state index in [1.807, 2.05) is 0 Å². The summed E-state index contributed by atoms with van der Waals surface area (Å²) in [6, 6.07) is 0.524. The first-order valence-corrected chi connectivity index (χ1v) is 6.07. The van der Waals surface area contributed by atoms with Crippen LogP contribution in [-0.4, -0.2) is 37.9 Å². The van der Waals surface area contributed by atoms with Crippen LogP contribution in [0.1, 0.15) is 39.5 Å². The number of hydrogen-bond donors (Lipinski definition) is 1. The van der Waals surface area contributed by atoms with Gasteiger partial charge in [-0.05, 0) is 39.7 Å². The highest BCUT2D eigenvalue weighted by atomic mass is 16.5. The SMILES string of the molecule is COC(=O)CCCNC1CC(C)OC(C)C1. The van der Waals surface area contributed by atoms with Crippen molar-refractivity contribution in [3.63, 3.8) is 0 Å². The molecule has 0 spiro atoms. The van der Waals surface area contributed by atoms with Gasteiger partial charge in [-0.1, -0.05) is 0 Å². The van der Waals surface area contributed by atoms with Crippen molar-refractivity contribution in [2.45, 2.75) is 57.8 Å². The summed E-state index contributed by atoms with van der Waals surface area (Å²) in [5.74, 6) is -0.129. The number of hydrogen-bond acceptors (Lipinski definition) is 4. The van der Waals surface area contributed by atoms with Crippen LogP contribution in [0.25, 0.3) is 0 Å². The summed E-state index contributed by atoms with van der Waals surface area (Å²) >= 11 is 0. The van der Waals surface area contributed by atoms with Gasteiger partial charge in [-0.2, -0.15) is 0 Å². The Bertz CT molecular complexity index is 210. The van der Waals surface area contributed by atoms with Crippen molar-refractivity contribution in [1.29, 1.82) is 0 Å². The molecule has 0 bridgehead atoms. The van der Waals surface area contributed by atoms with Crippen molar-refractivity contribution in [1.82, 2.24) is 5.32 Å². The van der Waals surface area contributed by atoms with Gasteiger partial charge in [0.15, 0.2) is 0 Å². The standard InChI is InChI=1S/C12H23NO3/c1-9-7-11(8-10(2)16-9)13-6-4-5-12(14)15-3/h9-11,13H,4-8H2,1-3H3. The van der Waals surface area contributed by atoms with E-state index in [-0.39, 0.29) is 5.97 Å². The van der Waals surface area contributed by atoms with Crippen LogP contribution in [0.4, 0.5) is 0 Å². The summed E-state index contributed by atoms with van der Waals surface area (Å²) in [7, 11) is 1.43. The monoisotopic (exact) mass is 229 g/mol. The fourth-order valence-corrected chi connectivity index (χ4v) is 2.21. The molecule has 0 aromatic rings. The number of carbonyl (C=O) groups is 1. The lowest BCUT2D eigenvalue weighted by Gasteiger charge is -2.32. The van der Waals surface area contributed by atoms with E-state index >= 15 is 0 Å². The molecule has 1 heterocycles. The van der Waals surface area contributed by atoms with E-state index in [9.17, 15) is 4.79 Å². The third-order valence-corrected chi connectivity index (χ3v) is 2.92. The fourth-order valence-electron chi connectivity index (χ4n) is 2.21. The second-order valence-corrected chi connectivity index (χ2v) is 4.56. The molecule has 0 radical (unpaired) electrons. The van der Waals surface area contributed by atoms with Crippen LogP contribution in [0.3, 0.4) is 0 Å². The van der Waals surface area contributed by atoms with Crippen LogP contribution < -0.4 is 5.32 Å². The Hall–Kier alpha value is -0.610. The molecule has 0 aliphatic carbocycles. The van der Waals surface area contributed by atoms with Crippen molar-refractivity contribution in [3.8, 4) is 0 Å². The van der Waals surface area contributed by atoms with Gasteiger partial charge >= 0.3 is 5.97 Å². The number of ether oxygens (including phenoxy) is 2. The third-order valence-electron chi connectivity index (χ3n) is 2.92. The van der Waals surface area contributed by atoms with E-state index < -0.39 is 0 Å². The molecule has 1 saturated heterocycles. The molecule has 1 rings (SSSR count). The molecule has 16 heavy (non-hydrogen) atoms. The fraction of sp³-hybridized carbons (Fsp3) is 0.917. The highest BCUT2D eigenvalue weighted by Gasteiger charge is 2.23. The number of carbonyl (C=O) groups excluding carboxylic acids is 1. The molecule has 1 aliphatic heterocycles. The van der Waals surface area contributed by atoms with Crippen LogP contribution in [0.15, 0.2) is 0 Å². The molecule has 0 aromatic heterocycles. The second-order valence-electron chi connectivity index (χ2n) is 4.56. The molecule has 0 saturated carbocycles. The smallest absolute Gasteiger partial charge is 0.305 e. The van der Waals surface area contributed by atoms with Crippen molar-refractivity contribution in [2.24, 2.45) is 0 Å². The first-order chi connectivity index (χ1) is 7.61. The number of rotatable bonds is 5. The molecule has 0 amide bonds. The van der Waals surface area contributed by atoms with Gasteiger partial charge in [0.25, 0.3) is 0 Å². The Kier molecular flexibility index (Phi) is 5.77. The summed E-state index contributed by atoms with van der Waals surface area (Å²) in [6.07, 6.45) is 4.12. The normalized spacial score (nSPS) is 30.1. The number of methoxy groups -OCH3 is 1. The third kappa shape index (κ3) is 4.94. The molecular formula is C12H23NO3. The van der Waals surface area contributed by atoms with Gasteiger partial charge in [0.2, 0.25) is 0 Å². The zero-order chi connectivity index (χ0) is 12.0. The summed E-state index contributed by atoms with van der Waals surface area (Å²) in [5, 5.41) is 3.47. The predicted octanol–water partition coefficient (Wildman–Crippen LogP) is 1.49. The van der Waals surface area contributed by atoms with Crippen molar-refractivity contribution in [2.75, 3.05) is 13.7 Å². The lowest BCUT2D eigenvalue weighted by molar-refractivity contribution is -0.140. The van der Waals surface area contributed by atoms with Crippen LogP contribution in [0.5, 0.6) is 0 Å². The van der Waals surface area contributed by atoms with Gasteiger partial charge in [-0.25, -0.2) is 0 Å². The number of nitrogens with one attached hydrogen (secondary N) is 1. The highest BCUT2D eigenvalue weighted by Crippen LogP contribution is 2.18. The number of esters is 1. The maximum atomic E-state index is 10.9. The average Bonchev–Trinajstić information content (AvgIpc) is 2.22. The maximum Gasteiger partial charge on any atom is 0.305 e. The van der Waals surface area contributed by atoms with E-state index in [4.69, 9.17) is 4.74 Å². The predicted molar refractivity (Wildman–Crippen MR) is 62.3 cm³/mol. The summed E-state index contributed by atoms with van der Waals surface area (Å²) in [4.78, 5) is 10.9. The van der Waals surface area contributed by atoms with E-state index in [2.05, 4.69) is 23.9 Å². The molecule has 4 heteroatoms. The molecule has 2 unspecified atom stereocenters. The minimum Gasteiger partial charge on any atom is -0.469 e. The minimum absolute atomic E-state index is 0.129.